The van der Waals surface area contributed by atoms with Crippen molar-refractivity contribution in [2.24, 2.45) is 5.92 Å². The molecular weight excluding hydrogens is 352 g/mol. The fourth-order valence-electron chi connectivity index (χ4n) is 2.67. The maximum absolute atomic E-state index is 12.6. The molecule has 0 spiro atoms. The molecule has 0 aliphatic carbocycles. The lowest BCUT2D eigenvalue weighted by Gasteiger charge is -2.19. The van der Waals surface area contributed by atoms with Crippen molar-refractivity contribution in [2.75, 3.05) is 10.6 Å². The Labute approximate surface area is 167 Å². The molecule has 5 heteroatoms. The number of rotatable bonds is 7. The molecule has 0 aliphatic heterocycles. The van der Waals surface area contributed by atoms with Crippen LogP contribution >= 0.6 is 0 Å². The minimum atomic E-state index is -0.659. The Morgan fingerprint density at radius 1 is 0.857 bits per heavy atom. The first-order chi connectivity index (χ1) is 13.2. The molecule has 0 saturated heterocycles. The number of hydrogen-bond acceptors (Lipinski definition) is 3. The number of carbonyl (C=O) groups is 2. The minimum absolute atomic E-state index is 0.0687. The van der Waals surface area contributed by atoms with Gasteiger partial charge in [0.25, 0.3) is 5.91 Å². The van der Waals surface area contributed by atoms with Gasteiger partial charge in [-0.25, -0.2) is 0 Å². The molecule has 2 rings (SSSR count). The maximum Gasteiger partial charge on any atom is 0.265 e. The van der Waals surface area contributed by atoms with Crippen LogP contribution in [0, 0.1) is 12.8 Å². The van der Waals surface area contributed by atoms with Gasteiger partial charge in [0.05, 0.1) is 0 Å². The molecule has 0 fully saturated rings. The molecule has 2 N–H and O–H groups in total. The van der Waals surface area contributed by atoms with Gasteiger partial charge in [-0.05, 0) is 55.2 Å². The van der Waals surface area contributed by atoms with E-state index in [-0.39, 0.29) is 17.7 Å². The third-order valence-electron chi connectivity index (χ3n) is 4.39. The Morgan fingerprint density at radius 2 is 1.46 bits per heavy atom. The number of carbonyl (C=O) groups excluding carboxylic acids is 2. The Bertz CT molecular complexity index is 843. The summed E-state index contributed by atoms with van der Waals surface area (Å²) in [5.41, 5.74) is 3.41. The smallest absolute Gasteiger partial charge is 0.265 e. The van der Waals surface area contributed by atoms with E-state index < -0.39 is 6.10 Å². The number of nitrogens with one attached hydrogen (secondary N) is 2. The summed E-state index contributed by atoms with van der Waals surface area (Å²) in [7, 11) is 0. The summed E-state index contributed by atoms with van der Waals surface area (Å²) in [5.74, 6) is 0.600. The lowest BCUT2D eigenvalue weighted by molar-refractivity contribution is -0.122. The first-order valence-corrected chi connectivity index (χ1v) is 9.66. The summed E-state index contributed by atoms with van der Waals surface area (Å²) in [5, 5.41) is 5.68. The molecule has 0 heterocycles. The summed E-state index contributed by atoms with van der Waals surface area (Å²) in [6, 6.07) is 13.1. The van der Waals surface area contributed by atoms with Crippen molar-refractivity contribution in [2.45, 2.75) is 53.6 Å². The third kappa shape index (κ3) is 5.84. The van der Waals surface area contributed by atoms with Gasteiger partial charge in [0.1, 0.15) is 5.75 Å². The van der Waals surface area contributed by atoms with E-state index in [0.717, 1.165) is 16.9 Å². The van der Waals surface area contributed by atoms with E-state index in [0.29, 0.717) is 17.3 Å². The number of aryl methyl sites for hydroxylation is 1. The van der Waals surface area contributed by atoms with Crippen LogP contribution < -0.4 is 15.4 Å². The molecule has 0 saturated carbocycles. The van der Waals surface area contributed by atoms with Gasteiger partial charge in [0.2, 0.25) is 5.91 Å². The van der Waals surface area contributed by atoms with Gasteiger partial charge in [-0.3, -0.25) is 9.59 Å². The standard InChI is InChI=1S/C23H30N2O3/c1-14(2)20-11-10-16(5)12-21(20)28-17(6)23(27)25-19-9-7-8-18(13-19)24-22(26)15(3)4/h7-15,17H,1-6H3,(H,24,26)(H,25,27). The highest BCUT2D eigenvalue weighted by Crippen LogP contribution is 2.28. The van der Waals surface area contributed by atoms with Crippen molar-refractivity contribution < 1.29 is 14.3 Å². The zero-order valence-electron chi connectivity index (χ0n) is 17.5. The molecule has 1 unspecified atom stereocenters. The van der Waals surface area contributed by atoms with E-state index in [2.05, 4.69) is 24.5 Å². The normalized spacial score (nSPS) is 12.0. The maximum atomic E-state index is 12.6. The van der Waals surface area contributed by atoms with Crippen molar-refractivity contribution in [1.82, 2.24) is 0 Å². The zero-order chi connectivity index (χ0) is 20.8. The summed E-state index contributed by atoms with van der Waals surface area (Å²) in [6.07, 6.45) is -0.659. The highest BCUT2D eigenvalue weighted by molar-refractivity contribution is 5.96. The van der Waals surface area contributed by atoms with Crippen LogP contribution in [0.2, 0.25) is 0 Å². The van der Waals surface area contributed by atoms with E-state index >= 15 is 0 Å². The predicted octanol–water partition coefficient (Wildman–Crippen LogP) is 5.12. The van der Waals surface area contributed by atoms with Gasteiger partial charge in [0.15, 0.2) is 6.10 Å². The van der Waals surface area contributed by atoms with Crippen molar-refractivity contribution in [3.05, 3.63) is 53.6 Å². The van der Waals surface area contributed by atoms with Crippen LogP contribution in [0.5, 0.6) is 5.75 Å². The monoisotopic (exact) mass is 382 g/mol. The Hall–Kier alpha value is -2.82. The van der Waals surface area contributed by atoms with Crippen LogP contribution in [0.15, 0.2) is 42.5 Å². The average molecular weight is 383 g/mol. The second-order valence-corrected chi connectivity index (χ2v) is 7.67. The topological polar surface area (TPSA) is 67.4 Å². The third-order valence-corrected chi connectivity index (χ3v) is 4.39. The number of ether oxygens (including phenoxy) is 1. The SMILES string of the molecule is Cc1ccc(C(C)C)c(OC(C)C(=O)Nc2cccc(NC(=O)C(C)C)c2)c1. The van der Waals surface area contributed by atoms with Crippen LogP contribution in [0.3, 0.4) is 0 Å². The number of hydrogen-bond donors (Lipinski definition) is 2. The van der Waals surface area contributed by atoms with Crippen molar-refractivity contribution in [3.8, 4) is 5.75 Å². The second kappa shape index (κ2) is 9.40. The van der Waals surface area contributed by atoms with Gasteiger partial charge in [0, 0.05) is 17.3 Å². The van der Waals surface area contributed by atoms with Crippen LogP contribution in [0.4, 0.5) is 11.4 Å². The number of amides is 2. The van der Waals surface area contributed by atoms with Crippen molar-refractivity contribution in [1.29, 1.82) is 0 Å². The molecule has 2 aromatic carbocycles. The molecule has 0 aliphatic rings. The summed E-state index contributed by atoms with van der Waals surface area (Å²) in [4.78, 5) is 24.5. The van der Waals surface area contributed by atoms with Crippen LogP contribution in [-0.4, -0.2) is 17.9 Å². The highest BCUT2D eigenvalue weighted by atomic mass is 16.5. The molecule has 0 radical (unpaired) electrons. The minimum Gasteiger partial charge on any atom is -0.481 e. The van der Waals surface area contributed by atoms with E-state index in [9.17, 15) is 9.59 Å². The fourth-order valence-corrected chi connectivity index (χ4v) is 2.67. The van der Waals surface area contributed by atoms with E-state index in [1.54, 1.807) is 31.2 Å². The molecule has 1 atom stereocenters. The molecule has 0 bridgehead atoms. The quantitative estimate of drug-likeness (QED) is 0.698. The van der Waals surface area contributed by atoms with Crippen molar-refractivity contribution in [3.63, 3.8) is 0 Å². The lowest BCUT2D eigenvalue weighted by Crippen LogP contribution is -2.30. The summed E-state index contributed by atoms with van der Waals surface area (Å²) >= 11 is 0. The summed E-state index contributed by atoms with van der Waals surface area (Å²) in [6.45, 7) is 11.6. The first kappa shape index (κ1) is 21.5. The number of benzene rings is 2. The van der Waals surface area contributed by atoms with Gasteiger partial charge in [-0.1, -0.05) is 45.9 Å². The number of anilines is 2. The molecule has 2 amide bonds. The molecule has 5 nitrogen and oxygen atoms in total. The lowest BCUT2D eigenvalue weighted by atomic mass is 10.0. The summed E-state index contributed by atoms with van der Waals surface area (Å²) < 4.78 is 5.97. The largest absolute Gasteiger partial charge is 0.481 e. The van der Waals surface area contributed by atoms with E-state index in [1.807, 2.05) is 39.0 Å². The molecule has 0 aromatic heterocycles. The van der Waals surface area contributed by atoms with Gasteiger partial charge in [-0.15, -0.1) is 0 Å². The Morgan fingerprint density at radius 3 is 2.04 bits per heavy atom. The van der Waals surface area contributed by atoms with Gasteiger partial charge < -0.3 is 15.4 Å². The highest BCUT2D eigenvalue weighted by Gasteiger charge is 2.18. The second-order valence-electron chi connectivity index (χ2n) is 7.67. The van der Waals surface area contributed by atoms with Crippen molar-refractivity contribution >= 4 is 23.2 Å². The van der Waals surface area contributed by atoms with Crippen LogP contribution in [0.25, 0.3) is 0 Å². The van der Waals surface area contributed by atoms with Crippen LogP contribution in [-0.2, 0) is 9.59 Å². The molecule has 2 aromatic rings. The van der Waals surface area contributed by atoms with E-state index in [4.69, 9.17) is 4.74 Å². The van der Waals surface area contributed by atoms with Crippen LogP contribution in [0.1, 0.15) is 51.7 Å². The molecule has 28 heavy (non-hydrogen) atoms. The Balaban J connectivity index is 2.07. The first-order valence-electron chi connectivity index (χ1n) is 9.66. The Kier molecular flexibility index (Phi) is 7.21. The predicted molar refractivity (Wildman–Crippen MR) is 114 cm³/mol. The average Bonchev–Trinajstić information content (AvgIpc) is 2.61. The zero-order valence-corrected chi connectivity index (χ0v) is 17.5. The van der Waals surface area contributed by atoms with Gasteiger partial charge in [-0.2, -0.15) is 0 Å². The molecular formula is C23H30N2O3. The van der Waals surface area contributed by atoms with Gasteiger partial charge >= 0.3 is 0 Å². The fraction of sp³-hybridized carbons (Fsp3) is 0.391. The van der Waals surface area contributed by atoms with E-state index in [1.165, 1.54) is 0 Å². The molecule has 150 valence electrons.